The first kappa shape index (κ1) is 14.4. The van der Waals surface area contributed by atoms with Gasteiger partial charge in [-0.05, 0) is 31.6 Å². The maximum Gasteiger partial charge on any atom is 0.274 e. The number of thiocarbonyl (C=S) groups is 1. The lowest BCUT2D eigenvalue weighted by Gasteiger charge is -2.10. The molecule has 0 saturated heterocycles. The van der Waals surface area contributed by atoms with E-state index >= 15 is 0 Å². The van der Waals surface area contributed by atoms with Gasteiger partial charge in [0.25, 0.3) is 5.69 Å². The van der Waals surface area contributed by atoms with Crippen molar-refractivity contribution in [2.45, 2.75) is 26.7 Å². The van der Waals surface area contributed by atoms with Crippen LogP contribution in [0.15, 0.2) is 18.2 Å². The molecule has 0 fully saturated rings. The van der Waals surface area contributed by atoms with Crippen LogP contribution in [0.25, 0.3) is 0 Å². The molecule has 5 nitrogen and oxygen atoms in total. The Hall–Kier alpha value is -1.69. The summed E-state index contributed by atoms with van der Waals surface area (Å²) in [5.74, 6) is 0. The van der Waals surface area contributed by atoms with Gasteiger partial charge in [-0.1, -0.05) is 19.4 Å². The first-order valence-electron chi connectivity index (χ1n) is 5.84. The molecule has 0 unspecified atom stereocenters. The van der Waals surface area contributed by atoms with Crippen molar-refractivity contribution in [2.75, 3.05) is 11.9 Å². The number of nitro benzene ring substituents is 1. The third kappa shape index (κ3) is 4.29. The van der Waals surface area contributed by atoms with E-state index in [-0.39, 0.29) is 5.69 Å². The van der Waals surface area contributed by atoms with Gasteiger partial charge in [-0.3, -0.25) is 10.1 Å². The van der Waals surface area contributed by atoms with E-state index in [4.69, 9.17) is 12.2 Å². The highest BCUT2D eigenvalue weighted by molar-refractivity contribution is 7.80. The Morgan fingerprint density at radius 3 is 2.83 bits per heavy atom. The summed E-state index contributed by atoms with van der Waals surface area (Å²) in [5.41, 5.74) is 1.35. The number of anilines is 1. The van der Waals surface area contributed by atoms with Crippen molar-refractivity contribution in [1.82, 2.24) is 5.32 Å². The van der Waals surface area contributed by atoms with E-state index in [1.165, 1.54) is 6.07 Å². The number of nitrogens with one attached hydrogen (secondary N) is 2. The van der Waals surface area contributed by atoms with E-state index in [1.807, 2.05) is 0 Å². The van der Waals surface area contributed by atoms with Crippen molar-refractivity contribution in [1.29, 1.82) is 0 Å². The Labute approximate surface area is 112 Å². The molecule has 1 aromatic rings. The fraction of sp³-hybridized carbons (Fsp3) is 0.417. The summed E-state index contributed by atoms with van der Waals surface area (Å²) in [7, 11) is 0. The summed E-state index contributed by atoms with van der Waals surface area (Å²) < 4.78 is 0. The quantitative estimate of drug-likeness (QED) is 0.371. The van der Waals surface area contributed by atoms with E-state index in [9.17, 15) is 10.1 Å². The largest absolute Gasteiger partial charge is 0.362 e. The van der Waals surface area contributed by atoms with E-state index in [0.717, 1.165) is 19.4 Å². The van der Waals surface area contributed by atoms with E-state index in [2.05, 4.69) is 17.6 Å². The minimum atomic E-state index is -0.395. The van der Waals surface area contributed by atoms with Crippen LogP contribution in [0.2, 0.25) is 0 Å². The minimum Gasteiger partial charge on any atom is -0.362 e. The standard InChI is InChI=1S/C12H17N3O2S/c1-3-4-7-13-12(18)14-10-6-5-9(2)11(8-10)15(16)17/h5-6,8H,3-4,7H2,1-2H3,(H2,13,14,18). The molecule has 2 N–H and O–H groups in total. The second kappa shape index (κ2) is 6.90. The van der Waals surface area contributed by atoms with Gasteiger partial charge in [0.05, 0.1) is 4.92 Å². The molecular weight excluding hydrogens is 250 g/mol. The Bertz CT molecular complexity index is 449. The number of nitrogens with zero attached hydrogens (tertiary/aromatic N) is 1. The normalized spacial score (nSPS) is 9.89. The molecule has 0 heterocycles. The molecule has 0 aromatic heterocycles. The van der Waals surface area contributed by atoms with Crippen molar-refractivity contribution < 1.29 is 4.92 Å². The van der Waals surface area contributed by atoms with Gasteiger partial charge >= 0.3 is 0 Å². The van der Waals surface area contributed by atoms with Crippen LogP contribution in [0.1, 0.15) is 25.3 Å². The van der Waals surface area contributed by atoms with Crippen molar-refractivity contribution in [3.8, 4) is 0 Å². The number of hydrogen-bond donors (Lipinski definition) is 2. The molecule has 0 amide bonds. The highest BCUT2D eigenvalue weighted by Gasteiger charge is 2.11. The van der Waals surface area contributed by atoms with Crippen LogP contribution in [0, 0.1) is 17.0 Å². The first-order chi connectivity index (χ1) is 8.54. The molecule has 0 spiro atoms. The molecule has 0 aliphatic heterocycles. The van der Waals surface area contributed by atoms with Crippen molar-refractivity contribution in [3.63, 3.8) is 0 Å². The maximum absolute atomic E-state index is 10.8. The van der Waals surface area contributed by atoms with Gasteiger partial charge in [-0.15, -0.1) is 0 Å². The molecule has 98 valence electrons. The first-order valence-corrected chi connectivity index (χ1v) is 6.25. The molecular formula is C12H17N3O2S. The van der Waals surface area contributed by atoms with Crippen LogP contribution in [-0.4, -0.2) is 16.6 Å². The third-order valence-electron chi connectivity index (χ3n) is 2.48. The lowest BCUT2D eigenvalue weighted by Crippen LogP contribution is -2.29. The molecule has 18 heavy (non-hydrogen) atoms. The lowest BCUT2D eigenvalue weighted by molar-refractivity contribution is -0.385. The Morgan fingerprint density at radius 2 is 2.22 bits per heavy atom. The predicted molar refractivity (Wildman–Crippen MR) is 77.0 cm³/mol. The van der Waals surface area contributed by atoms with Gasteiger partial charge < -0.3 is 10.6 Å². The number of nitro groups is 1. The van der Waals surface area contributed by atoms with Gasteiger partial charge in [0.1, 0.15) is 0 Å². The second-order valence-corrected chi connectivity index (χ2v) is 4.40. The number of benzene rings is 1. The summed E-state index contributed by atoms with van der Waals surface area (Å²) >= 11 is 5.10. The lowest BCUT2D eigenvalue weighted by atomic mass is 10.2. The molecule has 0 radical (unpaired) electrons. The molecule has 0 saturated carbocycles. The van der Waals surface area contributed by atoms with Crippen LogP contribution < -0.4 is 10.6 Å². The number of hydrogen-bond acceptors (Lipinski definition) is 3. The molecule has 0 aliphatic rings. The number of rotatable bonds is 5. The average molecular weight is 267 g/mol. The smallest absolute Gasteiger partial charge is 0.274 e. The summed E-state index contributed by atoms with van der Waals surface area (Å²) in [4.78, 5) is 10.4. The van der Waals surface area contributed by atoms with Crippen LogP contribution in [0.4, 0.5) is 11.4 Å². The fourth-order valence-corrected chi connectivity index (χ4v) is 1.66. The molecule has 1 rings (SSSR count). The third-order valence-corrected chi connectivity index (χ3v) is 2.73. The van der Waals surface area contributed by atoms with Gasteiger partial charge in [-0.2, -0.15) is 0 Å². The summed E-state index contributed by atoms with van der Waals surface area (Å²) in [6.45, 7) is 4.61. The zero-order valence-electron chi connectivity index (χ0n) is 10.5. The Morgan fingerprint density at radius 1 is 1.50 bits per heavy atom. The van der Waals surface area contributed by atoms with Gasteiger partial charge in [0.15, 0.2) is 5.11 Å². The molecule has 6 heteroatoms. The SMILES string of the molecule is CCCCNC(=S)Nc1ccc(C)c([N+](=O)[O-])c1. The summed E-state index contributed by atoms with van der Waals surface area (Å²) in [6, 6.07) is 4.97. The highest BCUT2D eigenvalue weighted by atomic mass is 32.1. The molecule has 0 aliphatic carbocycles. The number of aryl methyl sites for hydroxylation is 1. The molecule has 1 aromatic carbocycles. The minimum absolute atomic E-state index is 0.0939. The van der Waals surface area contributed by atoms with E-state index in [1.54, 1.807) is 19.1 Å². The monoisotopic (exact) mass is 267 g/mol. The van der Waals surface area contributed by atoms with Crippen molar-refractivity contribution in [3.05, 3.63) is 33.9 Å². The molecule has 0 bridgehead atoms. The Kier molecular flexibility index (Phi) is 5.51. The van der Waals surface area contributed by atoms with Gasteiger partial charge in [-0.25, -0.2) is 0 Å². The number of unbranched alkanes of at least 4 members (excludes halogenated alkanes) is 1. The van der Waals surface area contributed by atoms with Gasteiger partial charge in [0, 0.05) is 23.9 Å². The highest BCUT2D eigenvalue weighted by Crippen LogP contribution is 2.22. The Balaban J connectivity index is 2.65. The zero-order valence-corrected chi connectivity index (χ0v) is 11.3. The topological polar surface area (TPSA) is 67.2 Å². The fourth-order valence-electron chi connectivity index (χ4n) is 1.44. The van der Waals surface area contributed by atoms with Crippen LogP contribution >= 0.6 is 12.2 Å². The summed E-state index contributed by atoms with van der Waals surface area (Å²) in [6.07, 6.45) is 2.13. The van der Waals surface area contributed by atoms with Crippen LogP contribution in [0.5, 0.6) is 0 Å². The zero-order chi connectivity index (χ0) is 13.5. The maximum atomic E-state index is 10.8. The van der Waals surface area contributed by atoms with Crippen LogP contribution in [0.3, 0.4) is 0 Å². The van der Waals surface area contributed by atoms with Gasteiger partial charge in [0.2, 0.25) is 0 Å². The van der Waals surface area contributed by atoms with E-state index in [0.29, 0.717) is 16.4 Å². The van der Waals surface area contributed by atoms with E-state index < -0.39 is 4.92 Å². The van der Waals surface area contributed by atoms with Crippen molar-refractivity contribution >= 4 is 28.7 Å². The predicted octanol–water partition coefficient (Wildman–Crippen LogP) is 2.99. The summed E-state index contributed by atoms with van der Waals surface area (Å²) in [5, 5.41) is 17.3. The second-order valence-electron chi connectivity index (χ2n) is 3.99. The van der Waals surface area contributed by atoms with Crippen LogP contribution in [-0.2, 0) is 0 Å². The van der Waals surface area contributed by atoms with Crippen molar-refractivity contribution in [2.24, 2.45) is 0 Å². The average Bonchev–Trinajstić information content (AvgIpc) is 2.31. The molecule has 0 atom stereocenters.